The van der Waals surface area contributed by atoms with Crippen LogP contribution in [-0.4, -0.2) is 31.1 Å². The first-order valence-corrected chi connectivity index (χ1v) is 6.42. The summed E-state index contributed by atoms with van der Waals surface area (Å²) in [4.78, 5) is 20.1. The van der Waals surface area contributed by atoms with E-state index in [0.29, 0.717) is 6.54 Å². The van der Waals surface area contributed by atoms with Crippen molar-refractivity contribution in [1.29, 1.82) is 0 Å². The van der Waals surface area contributed by atoms with Crippen molar-refractivity contribution in [2.75, 3.05) is 0 Å². The maximum Gasteiger partial charge on any atom is 0.240 e. The van der Waals surface area contributed by atoms with Crippen LogP contribution < -0.4 is 5.32 Å². The number of nitrogens with zero attached hydrogens (tertiary/aromatic N) is 4. The third-order valence-electron chi connectivity index (χ3n) is 3.09. The molecule has 0 aliphatic rings. The molecule has 102 valence electrons. The van der Waals surface area contributed by atoms with E-state index >= 15 is 0 Å². The molecule has 0 bridgehead atoms. The van der Waals surface area contributed by atoms with Crippen molar-refractivity contribution in [3.8, 4) is 0 Å². The Morgan fingerprint density at radius 1 is 1.42 bits per heavy atom. The van der Waals surface area contributed by atoms with Crippen molar-refractivity contribution in [3.05, 3.63) is 36.9 Å². The maximum atomic E-state index is 12.0. The van der Waals surface area contributed by atoms with Crippen molar-refractivity contribution in [2.45, 2.75) is 39.4 Å². The molecule has 6 heteroatoms. The van der Waals surface area contributed by atoms with Gasteiger partial charge in [0.05, 0.1) is 6.33 Å². The van der Waals surface area contributed by atoms with Crippen LogP contribution in [0.5, 0.6) is 0 Å². The average molecular weight is 261 g/mol. The number of carbonyl (C=O) groups is 1. The van der Waals surface area contributed by atoms with Crippen molar-refractivity contribution < 1.29 is 4.79 Å². The van der Waals surface area contributed by atoms with Gasteiger partial charge in [-0.15, -0.1) is 0 Å². The summed E-state index contributed by atoms with van der Waals surface area (Å²) in [7, 11) is 0. The number of imidazole rings is 2. The Hall–Kier alpha value is -2.11. The molecule has 19 heavy (non-hydrogen) atoms. The first-order chi connectivity index (χ1) is 9.19. The van der Waals surface area contributed by atoms with Gasteiger partial charge in [-0.2, -0.15) is 0 Å². The minimum Gasteiger partial charge on any atom is -0.350 e. The number of carbonyl (C=O) groups excluding carboxylic acids is 1. The number of rotatable bonds is 6. The zero-order valence-corrected chi connectivity index (χ0v) is 11.3. The van der Waals surface area contributed by atoms with Gasteiger partial charge in [-0.05, 0) is 13.3 Å². The Kier molecular flexibility index (Phi) is 4.33. The van der Waals surface area contributed by atoms with Gasteiger partial charge < -0.3 is 14.5 Å². The van der Waals surface area contributed by atoms with Gasteiger partial charge in [0.25, 0.3) is 0 Å². The van der Waals surface area contributed by atoms with Gasteiger partial charge >= 0.3 is 0 Å². The fourth-order valence-corrected chi connectivity index (χ4v) is 1.92. The van der Waals surface area contributed by atoms with Crippen molar-refractivity contribution in [3.63, 3.8) is 0 Å². The Morgan fingerprint density at radius 3 is 2.84 bits per heavy atom. The van der Waals surface area contributed by atoms with E-state index in [1.54, 1.807) is 18.7 Å². The molecule has 0 aliphatic carbocycles. The Bertz CT molecular complexity index is 517. The third kappa shape index (κ3) is 3.67. The second kappa shape index (κ2) is 6.17. The monoisotopic (exact) mass is 261 g/mol. The largest absolute Gasteiger partial charge is 0.350 e. The molecule has 0 saturated carbocycles. The van der Waals surface area contributed by atoms with E-state index in [1.165, 1.54) is 0 Å². The molecule has 0 aromatic carbocycles. The van der Waals surface area contributed by atoms with Gasteiger partial charge in [0.15, 0.2) is 0 Å². The molecule has 1 unspecified atom stereocenters. The number of hydrogen-bond acceptors (Lipinski definition) is 3. The lowest BCUT2D eigenvalue weighted by molar-refractivity contribution is -0.122. The molecule has 0 saturated heterocycles. The first-order valence-electron chi connectivity index (χ1n) is 6.42. The summed E-state index contributed by atoms with van der Waals surface area (Å²) < 4.78 is 3.80. The smallest absolute Gasteiger partial charge is 0.240 e. The Labute approximate surface area is 112 Å². The molecule has 0 aliphatic heterocycles. The minimum absolute atomic E-state index is 0.00747. The van der Waals surface area contributed by atoms with Crippen molar-refractivity contribution >= 4 is 5.91 Å². The van der Waals surface area contributed by atoms with E-state index in [1.807, 2.05) is 28.5 Å². The molecule has 2 heterocycles. The highest BCUT2D eigenvalue weighted by Crippen LogP contribution is 1.99. The van der Waals surface area contributed by atoms with Crippen LogP contribution in [0.15, 0.2) is 31.1 Å². The summed E-state index contributed by atoms with van der Waals surface area (Å²) in [5.74, 6) is 0.853. The highest BCUT2D eigenvalue weighted by molar-refractivity contribution is 5.76. The highest BCUT2D eigenvalue weighted by atomic mass is 16.2. The Balaban J connectivity index is 1.87. The standard InChI is InChI=1S/C13H19N5O/c1-3-12(8-17-6-4-14-10-17)16-13(19)9-18-7-5-15-11(18)2/h4-7,10,12H,3,8-9H2,1-2H3,(H,16,19). The molecule has 0 radical (unpaired) electrons. The lowest BCUT2D eigenvalue weighted by Gasteiger charge is -2.17. The number of aromatic nitrogens is 4. The van der Waals surface area contributed by atoms with Crippen LogP contribution in [0.2, 0.25) is 0 Å². The van der Waals surface area contributed by atoms with Crippen LogP contribution in [-0.2, 0) is 17.9 Å². The fourth-order valence-electron chi connectivity index (χ4n) is 1.92. The topological polar surface area (TPSA) is 64.7 Å². The highest BCUT2D eigenvalue weighted by Gasteiger charge is 2.12. The molecular formula is C13H19N5O. The molecular weight excluding hydrogens is 242 g/mol. The van der Waals surface area contributed by atoms with Gasteiger partial charge in [0.2, 0.25) is 5.91 Å². The van der Waals surface area contributed by atoms with E-state index in [2.05, 4.69) is 22.2 Å². The van der Waals surface area contributed by atoms with E-state index in [0.717, 1.165) is 18.8 Å². The normalized spacial score (nSPS) is 12.3. The van der Waals surface area contributed by atoms with Gasteiger partial charge in [0.1, 0.15) is 12.4 Å². The molecule has 0 spiro atoms. The number of hydrogen-bond donors (Lipinski definition) is 1. The molecule has 6 nitrogen and oxygen atoms in total. The number of aryl methyl sites for hydroxylation is 1. The number of amides is 1. The van der Waals surface area contributed by atoms with E-state index in [-0.39, 0.29) is 11.9 Å². The second-order valence-corrected chi connectivity index (χ2v) is 4.53. The van der Waals surface area contributed by atoms with Crippen molar-refractivity contribution in [2.24, 2.45) is 0 Å². The van der Waals surface area contributed by atoms with Crippen LogP contribution >= 0.6 is 0 Å². The zero-order chi connectivity index (χ0) is 13.7. The van der Waals surface area contributed by atoms with Gasteiger partial charge in [-0.3, -0.25) is 4.79 Å². The summed E-state index contributed by atoms with van der Waals surface area (Å²) in [5, 5.41) is 3.03. The Morgan fingerprint density at radius 2 is 2.26 bits per heavy atom. The molecule has 1 amide bonds. The van der Waals surface area contributed by atoms with Gasteiger partial charge in [-0.25, -0.2) is 9.97 Å². The zero-order valence-electron chi connectivity index (χ0n) is 11.3. The molecule has 1 atom stereocenters. The molecule has 2 rings (SSSR count). The SMILES string of the molecule is CCC(Cn1ccnc1)NC(=O)Cn1ccnc1C. The van der Waals surface area contributed by atoms with E-state index in [4.69, 9.17) is 0 Å². The first kappa shape index (κ1) is 13.3. The predicted molar refractivity (Wildman–Crippen MR) is 71.4 cm³/mol. The summed E-state index contributed by atoms with van der Waals surface area (Å²) in [6.45, 7) is 5.00. The molecule has 0 fully saturated rings. The van der Waals surface area contributed by atoms with Crippen LogP contribution in [0, 0.1) is 6.92 Å². The second-order valence-electron chi connectivity index (χ2n) is 4.53. The lowest BCUT2D eigenvalue weighted by Crippen LogP contribution is -2.39. The summed E-state index contributed by atoms with van der Waals surface area (Å²) in [6, 6.07) is 0.116. The van der Waals surface area contributed by atoms with Crippen LogP contribution in [0.1, 0.15) is 19.2 Å². The van der Waals surface area contributed by atoms with Crippen LogP contribution in [0.25, 0.3) is 0 Å². The lowest BCUT2D eigenvalue weighted by atomic mass is 10.2. The minimum atomic E-state index is 0.00747. The predicted octanol–water partition coefficient (Wildman–Crippen LogP) is 0.983. The molecule has 2 aromatic rings. The third-order valence-corrected chi connectivity index (χ3v) is 3.09. The van der Waals surface area contributed by atoms with E-state index < -0.39 is 0 Å². The van der Waals surface area contributed by atoms with Gasteiger partial charge in [0, 0.05) is 37.4 Å². The van der Waals surface area contributed by atoms with Crippen molar-refractivity contribution in [1.82, 2.24) is 24.4 Å². The van der Waals surface area contributed by atoms with Gasteiger partial charge in [-0.1, -0.05) is 6.92 Å². The summed E-state index contributed by atoms with van der Waals surface area (Å²) in [6.07, 6.45) is 9.79. The summed E-state index contributed by atoms with van der Waals surface area (Å²) >= 11 is 0. The van der Waals surface area contributed by atoms with Crippen LogP contribution in [0.4, 0.5) is 0 Å². The quantitative estimate of drug-likeness (QED) is 0.843. The van der Waals surface area contributed by atoms with Crippen LogP contribution in [0.3, 0.4) is 0 Å². The number of nitrogens with one attached hydrogen (secondary N) is 1. The molecule has 1 N–H and O–H groups in total. The van der Waals surface area contributed by atoms with E-state index in [9.17, 15) is 4.79 Å². The fraction of sp³-hybridized carbons (Fsp3) is 0.462. The maximum absolute atomic E-state index is 12.0. The summed E-state index contributed by atoms with van der Waals surface area (Å²) in [5.41, 5.74) is 0. The average Bonchev–Trinajstić information content (AvgIpc) is 3.01. The molecule has 2 aromatic heterocycles.